The number of aryl methyl sites for hydroxylation is 1. The van der Waals surface area contributed by atoms with Crippen molar-refractivity contribution in [2.45, 2.75) is 49.3 Å². The lowest BCUT2D eigenvalue weighted by molar-refractivity contribution is -0.117. The molecule has 6 heteroatoms. The van der Waals surface area contributed by atoms with Crippen molar-refractivity contribution in [1.29, 1.82) is 0 Å². The Balaban J connectivity index is 1.61. The van der Waals surface area contributed by atoms with Gasteiger partial charge in [-0.15, -0.1) is 0 Å². The van der Waals surface area contributed by atoms with Crippen LogP contribution in [-0.2, 0) is 21.2 Å². The highest BCUT2D eigenvalue weighted by atomic mass is 32.2. The van der Waals surface area contributed by atoms with E-state index in [1.54, 1.807) is 24.3 Å². The number of benzene rings is 2. The number of hydrogen-bond donors (Lipinski definition) is 1. The molecule has 0 bridgehead atoms. The van der Waals surface area contributed by atoms with Gasteiger partial charge in [0.1, 0.15) is 4.90 Å². The van der Waals surface area contributed by atoms with E-state index in [9.17, 15) is 13.2 Å². The number of carbonyl (C=O) groups is 1. The van der Waals surface area contributed by atoms with Crippen molar-refractivity contribution in [2.75, 3.05) is 18.4 Å². The van der Waals surface area contributed by atoms with Crippen molar-refractivity contribution in [3.63, 3.8) is 0 Å². The summed E-state index contributed by atoms with van der Waals surface area (Å²) < 4.78 is 27.8. The number of rotatable bonds is 4. The number of hydrogen-bond acceptors (Lipinski definition) is 3. The molecule has 1 N–H and O–H groups in total. The van der Waals surface area contributed by atoms with Gasteiger partial charge in [-0.25, -0.2) is 8.42 Å². The van der Waals surface area contributed by atoms with E-state index in [2.05, 4.69) is 11.4 Å². The summed E-state index contributed by atoms with van der Waals surface area (Å²) in [6.45, 7) is 1.08. The van der Waals surface area contributed by atoms with Gasteiger partial charge in [-0.3, -0.25) is 4.79 Å². The first-order chi connectivity index (χ1) is 13.6. The molecule has 0 aromatic heterocycles. The Kier molecular flexibility index (Phi) is 5.51. The van der Waals surface area contributed by atoms with Gasteiger partial charge in [-0.05, 0) is 55.4 Å². The maximum Gasteiger partial charge on any atom is 0.245 e. The van der Waals surface area contributed by atoms with Crippen LogP contribution < -0.4 is 5.32 Å². The zero-order valence-electron chi connectivity index (χ0n) is 15.9. The van der Waals surface area contributed by atoms with Gasteiger partial charge in [0.05, 0.1) is 11.6 Å². The molecular weight excluding hydrogens is 372 g/mol. The topological polar surface area (TPSA) is 66.5 Å². The van der Waals surface area contributed by atoms with Gasteiger partial charge in [-0.1, -0.05) is 42.8 Å². The van der Waals surface area contributed by atoms with E-state index < -0.39 is 10.0 Å². The molecule has 1 aliphatic carbocycles. The lowest BCUT2D eigenvalue weighted by atomic mass is 9.82. The van der Waals surface area contributed by atoms with Crippen LogP contribution in [0.25, 0.3) is 0 Å². The molecule has 1 fully saturated rings. The second-order valence-electron chi connectivity index (χ2n) is 7.59. The van der Waals surface area contributed by atoms with Crippen LogP contribution in [0.1, 0.15) is 49.1 Å². The van der Waals surface area contributed by atoms with Gasteiger partial charge >= 0.3 is 0 Å². The Bertz CT molecular complexity index is 965. The number of anilines is 1. The number of carbonyl (C=O) groups excluding carboxylic acids is 1. The summed E-state index contributed by atoms with van der Waals surface area (Å²) in [5.74, 6) is -0.371. The zero-order chi connectivity index (χ0) is 19.6. The highest BCUT2D eigenvalue weighted by Gasteiger charge is 2.30. The van der Waals surface area contributed by atoms with E-state index in [4.69, 9.17) is 0 Å². The first-order valence-corrected chi connectivity index (χ1v) is 11.5. The summed E-state index contributed by atoms with van der Waals surface area (Å²) >= 11 is 0. The quantitative estimate of drug-likeness (QED) is 0.849. The number of sulfonamides is 1. The predicted molar refractivity (Wildman–Crippen MR) is 110 cm³/mol. The number of nitrogens with one attached hydrogen (secondary N) is 1. The van der Waals surface area contributed by atoms with E-state index in [0.717, 1.165) is 44.1 Å². The second kappa shape index (κ2) is 8.05. The number of para-hydroxylation sites is 1. The molecule has 1 unspecified atom stereocenters. The fraction of sp³-hybridized carbons (Fsp3) is 0.409. The van der Waals surface area contributed by atoms with Crippen LogP contribution >= 0.6 is 0 Å². The van der Waals surface area contributed by atoms with Gasteiger partial charge in [0.25, 0.3) is 0 Å². The van der Waals surface area contributed by atoms with Crippen LogP contribution in [0.3, 0.4) is 0 Å². The van der Waals surface area contributed by atoms with Gasteiger partial charge in [-0.2, -0.15) is 4.31 Å². The maximum atomic E-state index is 13.1. The van der Waals surface area contributed by atoms with Crippen molar-refractivity contribution in [1.82, 2.24) is 4.31 Å². The van der Waals surface area contributed by atoms with Crippen LogP contribution in [0.5, 0.6) is 0 Å². The van der Waals surface area contributed by atoms with Crippen LogP contribution in [0.4, 0.5) is 5.69 Å². The average molecular weight is 399 g/mol. The molecule has 1 amide bonds. The van der Waals surface area contributed by atoms with E-state index >= 15 is 0 Å². The Hall–Kier alpha value is -2.18. The fourth-order valence-corrected chi connectivity index (χ4v) is 5.95. The number of fused-ring (bicyclic) bond motifs is 1. The van der Waals surface area contributed by atoms with Crippen molar-refractivity contribution in [3.05, 3.63) is 59.7 Å². The molecular formula is C22H26N2O3S. The normalized spacial score (nSPS) is 20.4. The van der Waals surface area contributed by atoms with Crippen LogP contribution in [0, 0.1) is 0 Å². The summed E-state index contributed by atoms with van der Waals surface area (Å²) in [4.78, 5) is 13.3. The van der Waals surface area contributed by atoms with Gasteiger partial charge in [0.2, 0.25) is 15.9 Å². The molecule has 28 heavy (non-hydrogen) atoms. The molecule has 0 saturated carbocycles. The van der Waals surface area contributed by atoms with E-state index in [0.29, 0.717) is 18.8 Å². The summed E-state index contributed by atoms with van der Waals surface area (Å²) in [7, 11) is -3.61. The van der Waals surface area contributed by atoms with Crippen molar-refractivity contribution in [2.24, 2.45) is 0 Å². The molecule has 2 aliphatic rings. The SMILES string of the molecule is O=C(Nc1ccccc1S(=O)(=O)N1CCCCC1)C1CCCc2ccccc21. The smallest absolute Gasteiger partial charge is 0.245 e. The standard InChI is InChI=1S/C22H26N2O3S/c25-22(19-12-8-10-17-9-2-3-11-18(17)19)23-20-13-4-5-14-21(20)28(26,27)24-15-6-1-7-16-24/h2-5,9,11,13-14,19H,1,6-8,10,12,15-16H2,(H,23,25). The predicted octanol–water partition coefficient (Wildman–Crippen LogP) is 3.92. The molecule has 1 aliphatic heterocycles. The minimum absolute atomic E-state index is 0.131. The Morgan fingerprint density at radius 3 is 2.46 bits per heavy atom. The van der Waals surface area contributed by atoms with E-state index in [1.165, 1.54) is 9.87 Å². The van der Waals surface area contributed by atoms with E-state index in [-0.39, 0.29) is 16.7 Å². The average Bonchev–Trinajstić information content (AvgIpc) is 2.74. The van der Waals surface area contributed by atoms with Crippen molar-refractivity contribution < 1.29 is 13.2 Å². The molecule has 0 radical (unpaired) electrons. The number of amides is 1. The first kappa shape index (κ1) is 19.2. The lowest BCUT2D eigenvalue weighted by Crippen LogP contribution is -2.36. The van der Waals surface area contributed by atoms with E-state index in [1.807, 2.05) is 18.2 Å². The van der Waals surface area contributed by atoms with Crippen molar-refractivity contribution >= 4 is 21.6 Å². The molecule has 4 rings (SSSR count). The fourth-order valence-electron chi connectivity index (χ4n) is 4.29. The molecule has 1 saturated heterocycles. The minimum atomic E-state index is -3.61. The summed E-state index contributed by atoms with van der Waals surface area (Å²) in [6, 6.07) is 14.8. The molecule has 2 aromatic carbocycles. The molecule has 1 atom stereocenters. The highest BCUT2D eigenvalue weighted by Crippen LogP contribution is 2.33. The Labute approximate surface area is 166 Å². The molecule has 1 heterocycles. The van der Waals surface area contributed by atoms with Gasteiger partial charge < -0.3 is 5.32 Å². The third-order valence-electron chi connectivity index (χ3n) is 5.76. The lowest BCUT2D eigenvalue weighted by Gasteiger charge is -2.28. The Morgan fingerprint density at radius 2 is 1.64 bits per heavy atom. The largest absolute Gasteiger partial charge is 0.324 e. The maximum absolute atomic E-state index is 13.1. The highest BCUT2D eigenvalue weighted by molar-refractivity contribution is 7.89. The molecule has 2 aromatic rings. The monoisotopic (exact) mass is 398 g/mol. The summed E-state index contributed by atoms with van der Waals surface area (Å²) in [5, 5.41) is 2.92. The molecule has 5 nitrogen and oxygen atoms in total. The van der Waals surface area contributed by atoms with Crippen LogP contribution in [-0.4, -0.2) is 31.7 Å². The molecule has 0 spiro atoms. The Morgan fingerprint density at radius 1 is 0.929 bits per heavy atom. The number of piperidine rings is 1. The zero-order valence-corrected chi connectivity index (χ0v) is 16.7. The molecule has 148 valence electrons. The van der Waals surface area contributed by atoms with Gasteiger partial charge in [0, 0.05) is 13.1 Å². The first-order valence-electron chi connectivity index (χ1n) is 10.1. The van der Waals surface area contributed by atoms with Gasteiger partial charge in [0.15, 0.2) is 0 Å². The second-order valence-corrected chi connectivity index (χ2v) is 9.50. The summed E-state index contributed by atoms with van der Waals surface area (Å²) in [5.41, 5.74) is 2.65. The van der Waals surface area contributed by atoms with Crippen molar-refractivity contribution in [3.8, 4) is 0 Å². The third-order valence-corrected chi connectivity index (χ3v) is 7.72. The summed E-state index contributed by atoms with van der Waals surface area (Å²) in [6.07, 6.45) is 5.55. The van der Waals surface area contributed by atoms with Crippen LogP contribution in [0.2, 0.25) is 0 Å². The van der Waals surface area contributed by atoms with Crippen LogP contribution in [0.15, 0.2) is 53.4 Å². The third kappa shape index (κ3) is 3.71. The number of nitrogens with zero attached hydrogens (tertiary/aromatic N) is 1. The minimum Gasteiger partial charge on any atom is -0.324 e.